The fourth-order valence-electron chi connectivity index (χ4n) is 11.0. The van der Waals surface area contributed by atoms with Crippen LogP contribution in [-0.2, 0) is 18.9 Å². The Morgan fingerprint density at radius 3 is 0.763 bits per heavy atom. The third-order valence-electron chi connectivity index (χ3n) is 14.7. The number of ketones is 2. The van der Waals surface area contributed by atoms with Crippen LogP contribution in [0, 0.1) is 23.3 Å². The van der Waals surface area contributed by atoms with Crippen molar-refractivity contribution in [3.05, 3.63) is 189 Å². The molecule has 18 heteroatoms. The number of nitrogens with zero attached hydrogens (tertiary/aromatic N) is 4. The predicted molar refractivity (Wildman–Crippen MR) is 280 cm³/mol. The average molecular weight is 1040 g/mol. The number of hydrogen-bond donors (Lipinski definition) is 4. The van der Waals surface area contributed by atoms with Gasteiger partial charge in [0.05, 0.1) is 48.7 Å². The molecule has 4 aliphatic heterocycles. The molecule has 4 saturated heterocycles. The Kier molecular flexibility index (Phi) is 15.7. The summed E-state index contributed by atoms with van der Waals surface area (Å²) >= 11 is 0. The van der Waals surface area contributed by atoms with Crippen LogP contribution in [0.1, 0.15) is 79.0 Å². The van der Waals surface area contributed by atoms with E-state index in [4.69, 9.17) is 18.9 Å². The highest BCUT2D eigenvalue weighted by Gasteiger charge is 2.39. The van der Waals surface area contributed by atoms with Gasteiger partial charge in [0.15, 0.2) is 11.6 Å². The second kappa shape index (κ2) is 23.2. The van der Waals surface area contributed by atoms with E-state index in [1.807, 2.05) is 24.3 Å². The second-order valence-electron chi connectivity index (χ2n) is 19.4. The highest BCUT2D eigenvalue weighted by Crippen LogP contribution is 2.42. The van der Waals surface area contributed by atoms with Crippen molar-refractivity contribution < 1.29 is 46.1 Å². The average Bonchev–Trinajstić information content (AvgIpc) is 4.30. The topological polar surface area (TPSA) is 132 Å². The van der Waals surface area contributed by atoms with Crippen molar-refractivity contribution in [1.82, 2.24) is 19.6 Å². The van der Waals surface area contributed by atoms with Gasteiger partial charge in [-0.15, -0.1) is 0 Å². The monoisotopic (exact) mass is 1040 g/mol. The lowest BCUT2D eigenvalue weighted by atomic mass is 9.80. The Balaban J connectivity index is 0.891. The molecule has 4 N–H and O–H groups in total. The maximum Gasteiger partial charge on any atom is 0.198 e. The summed E-state index contributed by atoms with van der Waals surface area (Å²) in [5.74, 6) is -1.99. The third kappa shape index (κ3) is 11.1. The van der Waals surface area contributed by atoms with Crippen molar-refractivity contribution >= 4 is 34.3 Å². The van der Waals surface area contributed by atoms with Crippen LogP contribution < -0.4 is 21.3 Å². The molecule has 1 aliphatic carbocycles. The van der Waals surface area contributed by atoms with Crippen molar-refractivity contribution in [3.63, 3.8) is 0 Å². The minimum atomic E-state index is -0.369. The molecule has 0 bridgehead atoms. The van der Waals surface area contributed by atoms with Crippen LogP contribution in [0.15, 0.2) is 121 Å². The van der Waals surface area contributed by atoms with Gasteiger partial charge in [0.25, 0.3) is 0 Å². The van der Waals surface area contributed by atoms with Crippen LogP contribution in [0.4, 0.5) is 40.3 Å². The van der Waals surface area contributed by atoms with Gasteiger partial charge in [-0.2, -0.15) is 0 Å². The summed E-state index contributed by atoms with van der Waals surface area (Å²) in [5, 5.41) is 14.1. The first-order valence-electron chi connectivity index (χ1n) is 26.0. The van der Waals surface area contributed by atoms with Gasteiger partial charge < -0.3 is 40.2 Å². The molecule has 5 aliphatic rings. The van der Waals surface area contributed by atoms with E-state index in [1.54, 1.807) is 48.5 Å². The lowest BCUT2D eigenvalue weighted by Gasteiger charge is -2.29. The van der Waals surface area contributed by atoms with E-state index in [0.29, 0.717) is 128 Å². The maximum atomic E-state index is 15.7. The molecule has 0 amide bonds. The van der Waals surface area contributed by atoms with Gasteiger partial charge in [-0.3, -0.25) is 29.2 Å². The standard InChI is InChI=1S/C58H60F4N8O6/c59-41-9-1-37(2-10-41)55-67(29-33-73-55)25-21-63-45-17-18-46(64-22-26-68-30-34-74-56(68)38-3-11-42(60)12-4-38)50-49(45)53(71)51-47(65-23-27-69-31-35-75-57(69)39-5-13-43(61)14-6-39)19-20-48(52(51)54(50)72)66-24-28-70-32-36-76-58(70)40-7-15-44(62)16-8-40/h1-20,55-58,63-66H,21-36H2. The zero-order chi connectivity index (χ0) is 52.1. The highest BCUT2D eigenvalue weighted by molar-refractivity contribution is 6.35. The normalized spacial score (nSPS) is 21.1. The third-order valence-corrected chi connectivity index (χ3v) is 14.7. The van der Waals surface area contributed by atoms with Gasteiger partial charge in [0, 0.05) is 101 Å². The molecule has 396 valence electrons. The zero-order valence-electron chi connectivity index (χ0n) is 41.9. The summed E-state index contributed by atoms with van der Waals surface area (Å²) in [6.07, 6.45) is -1.48. The Bertz CT molecular complexity index is 2610. The van der Waals surface area contributed by atoms with Crippen LogP contribution in [0.2, 0.25) is 0 Å². The molecule has 6 aromatic rings. The number of halogens is 4. The number of carbonyl (C=O) groups excluding carboxylic acids is 2. The van der Waals surface area contributed by atoms with E-state index in [-0.39, 0.29) is 82.0 Å². The summed E-state index contributed by atoms with van der Waals surface area (Å²) in [6.45, 7) is 8.26. The molecule has 0 saturated carbocycles. The van der Waals surface area contributed by atoms with Gasteiger partial charge in [0.2, 0.25) is 0 Å². The van der Waals surface area contributed by atoms with Crippen LogP contribution >= 0.6 is 0 Å². The maximum absolute atomic E-state index is 15.7. The highest BCUT2D eigenvalue weighted by atomic mass is 19.1. The van der Waals surface area contributed by atoms with E-state index in [0.717, 1.165) is 22.3 Å². The summed E-state index contributed by atoms with van der Waals surface area (Å²) in [4.78, 5) is 39.9. The molecule has 0 aromatic heterocycles. The van der Waals surface area contributed by atoms with Crippen molar-refractivity contribution in [2.75, 3.05) is 126 Å². The number of benzene rings is 6. The Hall–Kier alpha value is -6.74. The lowest BCUT2D eigenvalue weighted by Crippen LogP contribution is -2.33. The largest absolute Gasteiger partial charge is 0.383 e. The number of carbonyl (C=O) groups is 2. The van der Waals surface area contributed by atoms with Crippen molar-refractivity contribution in [1.29, 1.82) is 0 Å². The molecule has 0 spiro atoms. The Morgan fingerprint density at radius 2 is 0.553 bits per heavy atom. The molecule has 14 nitrogen and oxygen atoms in total. The molecule has 4 heterocycles. The molecule has 6 aromatic carbocycles. The first-order chi connectivity index (χ1) is 37.2. The fourth-order valence-corrected chi connectivity index (χ4v) is 11.0. The van der Waals surface area contributed by atoms with Crippen molar-refractivity contribution in [3.8, 4) is 0 Å². The molecular weight excluding hydrogens is 981 g/mol. The van der Waals surface area contributed by atoms with Crippen molar-refractivity contribution in [2.24, 2.45) is 0 Å². The molecule has 0 radical (unpaired) electrons. The lowest BCUT2D eigenvalue weighted by molar-refractivity contribution is 0.0345. The van der Waals surface area contributed by atoms with E-state index < -0.39 is 0 Å². The summed E-state index contributed by atoms with van der Waals surface area (Å²) in [5.41, 5.74) is 6.28. The number of rotatable bonds is 20. The van der Waals surface area contributed by atoms with Gasteiger partial charge in [-0.1, -0.05) is 48.5 Å². The molecule has 4 atom stereocenters. The van der Waals surface area contributed by atoms with E-state index in [9.17, 15) is 17.6 Å². The Labute approximate surface area is 438 Å². The molecule has 4 fully saturated rings. The first-order valence-corrected chi connectivity index (χ1v) is 26.0. The zero-order valence-corrected chi connectivity index (χ0v) is 41.9. The van der Waals surface area contributed by atoms with Gasteiger partial charge >= 0.3 is 0 Å². The minimum absolute atomic E-state index is 0.241. The molecule has 76 heavy (non-hydrogen) atoms. The molecule has 11 rings (SSSR count). The van der Waals surface area contributed by atoms with Crippen LogP contribution in [0.3, 0.4) is 0 Å². The number of nitrogens with one attached hydrogen (secondary N) is 4. The van der Waals surface area contributed by atoms with Gasteiger partial charge in [0.1, 0.15) is 48.2 Å². The minimum Gasteiger partial charge on any atom is -0.383 e. The van der Waals surface area contributed by atoms with E-state index in [2.05, 4.69) is 40.9 Å². The van der Waals surface area contributed by atoms with Crippen LogP contribution in [0.25, 0.3) is 0 Å². The summed E-state index contributed by atoms with van der Waals surface area (Å²) in [6, 6.07) is 32.5. The number of ether oxygens (including phenoxy) is 4. The molecular formula is C58H60F4N8O6. The first kappa shape index (κ1) is 51.4. The smallest absolute Gasteiger partial charge is 0.198 e. The van der Waals surface area contributed by atoms with Gasteiger partial charge in [-0.05, 0) is 95.1 Å². The van der Waals surface area contributed by atoms with Gasteiger partial charge in [-0.25, -0.2) is 17.6 Å². The van der Waals surface area contributed by atoms with E-state index >= 15 is 9.59 Å². The number of fused-ring (bicyclic) bond motifs is 2. The number of hydrogen-bond acceptors (Lipinski definition) is 14. The number of anilines is 4. The second-order valence-corrected chi connectivity index (χ2v) is 19.4. The quantitative estimate of drug-likeness (QED) is 0.0543. The molecule has 4 unspecified atom stereocenters. The van der Waals surface area contributed by atoms with Crippen LogP contribution in [0.5, 0.6) is 0 Å². The van der Waals surface area contributed by atoms with E-state index in [1.165, 1.54) is 48.5 Å². The Morgan fingerprint density at radius 1 is 0.342 bits per heavy atom. The SMILES string of the molecule is O=C1c2c(NCCN3CCOC3c3ccc(F)cc3)ccc(NCCN3CCOC3c3ccc(F)cc3)c2C(=O)c2c(NCCN3CCOC3c3ccc(F)cc3)ccc(NCCN3CCOC3c3ccc(F)cc3)c21. The summed E-state index contributed by atoms with van der Waals surface area (Å²) in [7, 11) is 0. The van der Waals surface area contributed by atoms with Crippen LogP contribution in [-0.4, -0.2) is 136 Å². The summed E-state index contributed by atoms with van der Waals surface area (Å²) < 4.78 is 79.8. The van der Waals surface area contributed by atoms with Crippen molar-refractivity contribution in [2.45, 2.75) is 24.9 Å². The predicted octanol–water partition coefficient (Wildman–Crippen LogP) is 8.79. The fraction of sp³-hybridized carbons (Fsp3) is 0.345.